The lowest BCUT2D eigenvalue weighted by atomic mass is 10.1. The lowest BCUT2D eigenvalue weighted by Crippen LogP contribution is -2.00. The van der Waals surface area contributed by atoms with Gasteiger partial charge in [0, 0.05) is 0 Å². The van der Waals surface area contributed by atoms with Crippen LogP contribution in [0.15, 0.2) is 42.0 Å². The molecule has 2 rings (SSSR count). The van der Waals surface area contributed by atoms with E-state index in [1.54, 1.807) is 37.5 Å². The maximum atomic E-state index is 11.3. The number of benzene rings is 1. The van der Waals surface area contributed by atoms with E-state index in [2.05, 4.69) is 0 Å². The highest BCUT2D eigenvalue weighted by molar-refractivity contribution is 6.35. The molecular formula is C13H10O3. The van der Waals surface area contributed by atoms with Crippen LogP contribution < -0.4 is 4.74 Å². The predicted molar refractivity (Wildman–Crippen MR) is 60.1 cm³/mol. The maximum absolute atomic E-state index is 11.3. The smallest absolute Gasteiger partial charge is 0.189 e. The van der Waals surface area contributed by atoms with Crippen LogP contribution in [0.3, 0.4) is 0 Å². The summed E-state index contributed by atoms with van der Waals surface area (Å²) in [4.78, 5) is 22.6. The largest absolute Gasteiger partial charge is 0.497 e. The van der Waals surface area contributed by atoms with E-state index in [1.807, 2.05) is 0 Å². The zero-order valence-corrected chi connectivity index (χ0v) is 8.77. The second-order valence-electron chi connectivity index (χ2n) is 3.39. The zero-order chi connectivity index (χ0) is 11.5. The van der Waals surface area contributed by atoms with Gasteiger partial charge in [0.15, 0.2) is 11.6 Å². The van der Waals surface area contributed by atoms with Crippen LogP contribution in [0.2, 0.25) is 0 Å². The first-order chi connectivity index (χ1) is 7.70. The summed E-state index contributed by atoms with van der Waals surface area (Å²) in [6, 6.07) is 7.16. The van der Waals surface area contributed by atoms with E-state index in [4.69, 9.17) is 4.74 Å². The van der Waals surface area contributed by atoms with Gasteiger partial charge in [-0.05, 0) is 35.9 Å². The number of rotatable bonds is 2. The Balaban J connectivity index is 2.29. The van der Waals surface area contributed by atoms with Crippen molar-refractivity contribution in [3.8, 4) is 5.75 Å². The minimum Gasteiger partial charge on any atom is -0.497 e. The highest BCUT2D eigenvalue weighted by Gasteiger charge is 2.19. The van der Waals surface area contributed by atoms with Crippen molar-refractivity contribution in [2.45, 2.75) is 0 Å². The summed E-state index contributed by atoms with van der Waals surface area (Å²) in [5, 5.41) is 0. The molecule has 0 N–H and O–H groups in total. The van der Waals surface area contributed by atoms with Crippen molar-refractivity contribution in [3.05, 3.63) is 47.6 Å². The summed E-state index contributed by atoms with van der Waals surface area (Å²) in [5.41, 5.74) is 1.02. The standard InChI is InChI=1S/C13H10O3/c1-16-10-4-2-9(3-5-10)8-11-12(14)6-7-13(11)15/h2-8H,1H3. The van der Waals surface area contributed by atoms with E-state index in [0.29, 0.717) is 0 Å². The van der Waals surface area contributed by atoms with Gasteiger partial charge in [0.2, 0.25) is 0 Å². The molecule has 1 aliphatic carbocycles. The molecule has 3 nitrogen and oxygen atoms in total. The van der Waals surface area contributed by atoms with E-state index in [-0.39, 0.29) is 17.1 Å². The molecule has 1 aromatic carbocycles. The maximum Gasteiger partial charge on any atom is 0.189 e. The molecule has 0 radical (unpaired) electrons. The summed E-state index contributed by atoms with van der Waals surface area (Å²) in [5.74, 6) is 0.269. The number of carbonyl (C=O) groups excluding carboxylic acids is 2. The predicted octanol–water partition coefficient (Wildman–Crippen LogP) is 1.79. The third-order valence-corrected chi connectivity index (χ3v) is 2.34. The molecule has 0 saturated carbocycles. The van der Waals surface area contributed by atoms with Crippen LogP contribution in [0.4, 0.5) is 0 Å². The van der Waals surface area contributed by atoms with Crippen molar-refractivity contribution < 1.29 is 14.3 Å². The Bertz CT molecular complexity index is 472. The van der Waals surface area contributed by atoms with E-state index in [0.717, 1.165) is 11.3 Å². The number of carbonyl (C=O) groups is 2. The van der Waals surface area contributed by atoms with Gasteiger partial charge in [-0.2, -0.15) is 0 Å². The van der Waals surface area contributed by atoms with Gasteiger partial charge in [0.25, 0.3) is 0 Å². The number of hydrogen-bond donors (Lipinski definition) is 0. The van der Waals surface area contributed by atoms with Gasteiger partial charge in [-0.3, -0.25) is 9.59 Å². The average molecular weight is 214 g/mol. The molecule has 1 aromatic rings. The zero-order valence-electron chi connectivity index (χ0n) is 8.77. The van der Waals surface area contributed by atoms with Gasteiger partial charge < -0.3 is 4.74 Å². The van der Waals surface area contributed by atoms with Crippen LogP contribution in [0.1, 0.15) is 5.56 Å². The molecule has 0 aromatic heterocycles. The van der Waals surface area contributed by atoms with Crippen LogP contribution >= 0.6 is 0 Å². The number of hydrogen-bond acceptors (Lipinski definition) is 3. The Morgan fingerprint density at radius 3 is 2.06 bits per heavy atom. The van der Waals surface area contributed by atoms with Gasteiger partial charge in [-0.1, -0.05) is 12.1 Å². The molecule has 0 aliphatic heterocycles. The fraction of sp³-hybridized carbons (Fsp3) is 0.0769. The van der Waals surface area contributed by atoms with E-state index < -0.39 is 0 Å². The Morgan fingerprint density at radius 2 is 1.56 bits per heavy atom. The Morgan fingerprint density at radius 1 is 1.00 bits per heavy atom. The molecular weight excluding hydrogens is 204 g/mol. The molecule has 1 aliphatic rings. The molecule has 80 valence electrons. The quantitative estimate of drug-likeness (QED) is 0.556. The fourth-order valence-corrected chi connectivity index (χ4v) is 1.46. The highest BCUT2D eigenvalue weighted by atomic mass is 16.5. The van der Waals surface area contributed by atoms with Crippen molar-refractivity contribution in [1.82, 2.24) is 0 Å². The van der Waals surface area contributed by atoms with Gasteiger partial charge in [-0.25, -0.2) is 0 Å². The number of methoxy groups -OCH3 is 1. The topological polar surface area (TPSA) is 43.4 Å². The van der Waals surface area contributed by atoms with Gasteiger partial charge >= 0.3 is 0 Å². The number of ether oxygens (including phenoxy) is 1. The molecule has 0 saturated heterocycles. The first kappa shape index (κ1) is 10.4. The Kier molecular flexibility index (Phi) is 2.68. The number of allylic oxidation sites excluding steroid dienone is 3. The second-order valence-corrected chi connectivity index (χ2v) is 3.39. The van der Waals surface area contributed by atoms with E-state index in [1.165, 1.54) is 12.2 Å². The summed E-state index contributed by atoms with van der Waals surface area (Å²) in [6.07, 6.45) is 4.17. The molecule has 0 heterocycles. The normalized spacial score (nSPS) is 14.4. The van der Waals surface area contributed by atoms with Crippen LogP contribution in [0, 0.1) is 0 Å². The molecule has 0 spiro atoms. The number of ketones is 2. The van der Waals surface area contributed by atoms with E-state index >= 15 is 0 Å². The van der Waals surface area contributed by atoms with Crippen LogP contribution in [0.5, 0.6) is 5.75 Å². The van der Waals surface area contributed by atoms with Gasteiger partial charge in [0.05, 0.1) is 12.7 Å². The second kappa shape index (κ2) is 4.14. The van der Waals surface area contributed by atoms with Gasteiger partial charge in [0.1, 0.15) is 5.75 Å². The molecule has 16 heavy (non-hydrogen) atoms. The molecule has 0 unspecified atom stereocenters. The summed E-state index contributed by atoms with van der Waals surface area (Å²) in [6.45, 7) is 0. The summed E-state index contributed by atoms with van der Waals surface area (Å²) < 4.78 is 5.01. The summed E-state index contributed by atoms with van der Waals surface area (Å²) >= 11 is 0. The van der Waals surface area contributed by atoms with Crippen molar-refractivity contribution >= 4 is 17.6 Å². The molecule has 0 bridgehead atoms. The molecule has 3 heteroatoms. The van der Waals surface area contributed by atoms with Gasteiger partial charge in [-0.15, -0.1) is 0 Å². The molecule has 0 amide bonds. The van der Waals surface area contributed by atoms with E-state index in [9.17, 15) is 9.59 Å². The van der Waals surface area contributed by atoms with Crippen molar-refractivity contribution in [2.75, 3.05) is 7.11 Å². The highest BCUT2D eigenvalue weighted by Crippen LogP contribution is 2.17. The monoisotopic (exact) mass is 214 g/mol. The van der Waals surface area contributed by atoms with Crippen LogP contribution in [-0.4, -0.2) is 18.7 Å². The SMILES string of the molecule is COc1ccc(C=C2C(=O)C=CC2=O)cc1. The molecule has 0 atom stereocenters. The van der Waals surface area contributed by atoms with Crippen molar-refractivity contribution in [2.24, 2.45) is 0 Å². The fourth-order valence-electron chi connectivity index (χ4n) is 1.46. The summed E-state index contributed by atoms with van der Waals surface area (Å²) in [7, 11) is 1.58. The van der Waals surface area contributed by atoms with Crippen molar-refractivity contribution in [3.63, 3.8) is 0 Å². The lowest BCUT2D eigenvalue weighted by Gasteiger charge is -2.00. The Labute approximate surface area is 93.0 Å². The van der Waals surface area contributed by atoms with Crippen LogP contribution in [0.25, 0.3) is 6.08 Å². The lowest BCUT2D eigenvalue weighted by molar-refractivity contribution is -0.115. The van der Waals surface area contributed by atoms with Crippen LogP contribution in [-0.2, 0) is 9.59 Å². The van der Waals surface area contributed by atoms with Crippen molar-refractivity contribution in [1.29, 1.82) is 0 Å². The minimum absolute atomic E-state index is 0.213. The Hall–Kier alpha value is -2.16. The minimum atomic E-state index is -0.235. The molecule has 0 fully saturated rings. The first-order valence-corrected chi connectivity index (χ1v) is 4.83. The average Bonchev–Trinajstić information content (AvgIpc) is 2.62. The first-order valence-electron chi connectivity index (χ1n) is 4.83. The third kappa shape index (κ3) is 1.93. The third-order valence-electron chi connectivity index (χ3n) is 2.34.